The van der Waals surface area contributed by atoms with Crippen molar-refractivity contribution in [3.63, 3.8) is 0 Å². The molecule has 86 valence electrons. The van der Waals surface area contributed by atoms with Gasteiger partial charge in [-0.05, 0) is 32.0 Å². The van der Waals surface area contributed by atoms with Crippen LogP contribution in [-0.2, 0) is 6.54 Å². The molecule has 0 bridgehead atoms. The van der Waals surface area contributed by atoms with Crippen molar-refractivity contribution in [1.82, 2.24) is 9.55 Å². The monoisotopic (exact) mass is 239 g/mol. The van der Waals surface area contributed by atoms with Gasteiger partial charge in [-0.3, -0.25) is 4.57 Å². The van der Waals surface area contributed by atoms with Crippen molar-refractivity contribution >= 4 is 22.6 Å². The molecular formula is C11H14ClN3O. The third kappa shape index (κ3) is 2.13. The van der Waals surface area contributed by atoms with Gasteiger partial charge >= 0.3 is 5.69 Å². The SMILES string of the molecule is CC(C)(N)Cn1c(=O)[nH]c2cc(Cl)ccc21. The molecule has 0 saturated carbocycles. The predicted molar refractivity (Wildman–Crippen MR) is 65.8 cm³/mol. The Bertz CT molecular complexity index is 577. The number of aromatic nitrogens is 2. The van der Waals surface area contributed by atoms with E-state index in [1.54, 1.807) is 16.7 Å². The maximum atomic E-state index is 11.7. The molecule has 0 aliphatic rings. The number of benzene rings is 1. The van der Waals surface area contributed by atoms with Crippen molar-refractivity contribution in [3.8, 4) is 0 Å². The summed E-state index contributed by atoms with van der Waals surface area (Å²) < 4.78 is 1.63. The molecule has 16 heavy (non-hydrogen) atoms. The van der Waals surface area contributed by atoms with E-state index in [-0.39, 0.29) is 5.69 Å². The predicted octanol–water partition coefficient (Wildman–Crippen LogP) is 1.72. The molecule has 5 heteroatoms. The van der Waals surface area contributed by atoms with E-state index in [9.17, 15) is 4.79 Å². The maximum absolute atomic E-state index is 11.7. The van der Waals surface area contributed by atoms with Crippen LogP contribution in [0.25, 0.3) is 11.0 Å². The molecule has 2 aromatic rings. The van der Waals surface area contributed by atoms with Crippen LogP contribution in [0.1, 0.15) is 13.8 Å². The number of halogens is 1. The molecule has 4 nitrogen and oxygen atoms in total. The standard InChI is InChI=1S/C11H14ClN3O/c1-11(2,13)6-15-9-4-3-7(12)5-8(9)14-10(15)16/h3-5H,6,13H2,1-2H3,(H,14,16). The lowest BCUT2D eigenvalue weighted by Crippen LogP contribution is -2.39. The van der Waals surface area contributed by atoms with Gasteiger partial charge in [0.05, 0.1) is 11.0 Å². The maximum Gasteiger partial charge on any atom is 0.326 e. The highest BCUT2D eigenvalue weighted by Gasteiger charge is 2.15. The van der Waals surface area contributed by atoms with Crippen molar-refractivity contribution in [2.24, 2.45) is 5.73 Å². The minimum atomic E-state index is -0.432. The van der Waals surface area contributed by atoms with Gasteiger partial charge in [0.1, 0.15) is 0 Å². The van der Waals surface area contributed by atoms with Crippen molar-refractivity contribution in [2.45, 2.75) is 25.9 Å². The molecule has 2 rings (SSSR count). The van der Waals surface area contributed by atoms with Crippen molar-refractivity contribution in [1.29, 1.82) is 0 Å². The third-order valence-corrected chi connectivity index (χ3v) is 2.54. The fourth-order valence-corrected chi connectivity index (χ4v) is 1.87. The molecule has 0 unspecified atom stereocenters. The number of imidazole rings is 1. The fourth-order valence-electron chi connectivity index (χ4n) is 1.70. The lowest BCUT2D eigenvalue weighted by molar-refractivity contribution is 0.434. The Labute approximate surface area is 98.0 Å². The summed E-state index contributed by atoms with van der Waals surface area (Å²) in [4.78, 5) is 14.5. The van der Waals surface area contributed by atoms with Gasteiger partial charge in [-0.1, -0.05) is 11.6 Å². The van der Waals surface area contributed by atoms with Crippen LogP contribution in [0.2, 0.25) is 5.02 Å². The van der Waals surface area contributed by atoms with Crippen LogP contribution in [0.4, 0.5) is 0 Å². The molecule has 0 saturated heterocycles. The Morgan fingerprint density at radius 1 is 1.50 bits per heavy atom. The van der Waals surface area contributed by atoms with E-state index in [4.69, 9.17) is 17.3 Å². The van der Waals surface area contributed by atoms with E-state index >= 15 is 0 Å². The van der Waals surface area contributed by atoms with Crippen molar-refractivity contribution < 1.29 is 0 Å². The van der Waals surface area contributed by atoms with Crippen molar-refractivity contribution in [2.75, 3.05) is 0 Å². The van der Waals surface area contributed by atoms with Crippen LogP contribution >= 0.6 is 11.6 Å². The van der Waals surface area contributed by atoms with Gasteiger partial charge < -0.3 is 10.7 Å². The summed E-state index contributed by atoms with van der Waals surface area (Å²) >= 11 is 5.86. The first-order chi connectivity index (χ1) is 7.37. The molecule has 0 fully saturated rings. The topological polar surface area (TPSA) is 63.8 Å². The van der Waals surface area contributed by atoms with E-state index in [0.29, 0.717) is 11.6 Å². The molecule has 0 atom stereocenters. The quantitative estimate of drug-likeness (QED) is 0.838. The molecule has 1 aromatic heterocycles. The minimum Gasteiger partial charge on any atom is -0.324 e. The molecule has 1 aromatic carbocycles. The van der Waals surface area contributed by atoms with E-state index in [2.05, 4.69) is 4.98 Å². The number of nitrogens with one attached hydrogen (secondary N) is 1. The first-order valence-electron chi connectivity index (χ1n) is 5.04. The second-order valence-corrected chi connectivity index (χ2v) is 5.10. The van der Waals surface area contributed by atoms with Crippen LogP contribution < -0.4 is 11.4 Å². The van der Waals surface area contributed by atoms with Gasteiger partial charge in [-0.15, -0.1) is 0 Å². The zero-order chi connectivity index (χ0) is 11.9. The van der Waals surface area contributed by atoms with Crippen LogP contribution in [0.5, 0.6) is 0 Å². The summed E-state index contributed by atoms with van der Waals surface area (Å²) in [7, 11) is 0. The summed E-state index contributed by atoms with van der Waals surface area (Å²) in [5.74, 6) is 0. The zero-order valence-electron chi connectivity index (χ0n) is 9.25. The highest BCUT2D eigenvalue weighted by atomic mass is 35.5. The van der Waals surface area contributed by atoms with E-state index in [1.807, 2.05) is 19.9 Å². The first kappa shape index (κ1) is 11.2. The highest BCUT2D eigenvalue weighted by molar-refractivity contribution is 6.31. The molecular weight excluding hydrogens is 226 g/mol. The normalized spacial score (nSPS) is 12.2. The molecule has 3 N–H and O–H groups in total. The van der Waals surface area contributed by atoms with Gasteiger partial charge in [-0.2, -0.15) is 0 Å². The number of fused-ring (bicyclic) bond motifs is 1. The lowest BCUT2D eigenvalue weighted by Gasteiger charge is -2.18. The smallest absolute Gasteiger partial charge is 0.324 e. The largest absolute Gasteiger partial charge is 0.326 e. The summed E-state index contributed by atoms with van der Waals surface area (Å²) in [6, 6.07) is 5.32. The molecule has 0 amide bonds. The number of hydrogen-bond donors (Lipinski definition) is 2. The molecule has 1 heterocycles. The van der Waals surface area contributed by atoms with Gasteiger partial charge in [-0.25, -0.2) is 4.79 Å². The van der Waals surface area contributed by atoms with Crippen LogP contribution in [0.3, 0.4) is 0 Å². The molecule has 0 spiro atoms. The molecule has 0 aliphatic carbocycles. The highest BCUT2D eigenvalue weighted by Crippen LogP contribution is 2.17. The van der Waals surface area contributed by atoms with E-state index < -0.39 is 5.54 Å². The van der Waals surface area contributed by atoms with E-state index in [1.165, 1.54) is 0 Å². The van der Waals surface area contributed by atoms with Gasteiger partial charge in [0, 0.05) is 17.1 Å². The van der Waals surface area contributed by atoms with Crippen LogP contribution in [0.15, 0.2) is 23.0 Å². The summed E-state index contributed by atoms with van der Waals surface area (Å²) in [6.45, 7) is 4.23. The van der Waals surface area contributed by atoms with Gasteiger partial charge in [0.2, 0.25) is 0 Å². The Hall–Kier alpha value is -1.26. The van der Waals surface area contributed by atoms with Crippen molar-refractivity contribution in [3.05, 3.63) is 33.7 Å². The first-order valence-corrected chi connectivity index (χ1v) is 5.41. The number of aromatic amines is 1. The molecule has 0 aliphatic heterocycles. The van der Waals surface area contributed by atoms with Crippen LogP contribution in [0, 0.1) is 0 Å². The Morgan fingerprint density at radius 2 is 2.19 bits per heavy atom. The fraction of sp³-hybridized carbons (Fsp3) is 0.364. The van der Waals surface area contributed by atoms with Gasteiger partial charge in [0.15, 0.2) is 0 Å². The lowest BCUT2D eigenvalue weighted by atomic mass is 10.1. The average molecular weight is 240 g/mol. The zero-order valence-corrected chi connectivity index (χ0v) is 10.0. The summed E-state index contributed by atoms with van der Waals surface area (Å²) in [5.41, 5.74) is 6.89. The number of hydrogen-bond acceptors (Lipinski definition) is 2. The number of nitrogens with zero attached hydrogens (tertiary/aromatic N) is 1. The minimum absolute atomic E-state index is 0.157. The summed E-state index contributed by atoms with van der Waals surface area (Å²) in [6.07, 6.45) is 0. The average Bonchev–Trinajstić information content (AvgIpc) is 2.40. The van der Waals surface area contributed by atoms with Crippen LogP contribution in [-0.4, -0.2) is 15.1 Å². The molecule has 0 radical (unpaired) electrons. The van der Waals surface area contributed by atoms with Gasteiger partial charge in [0.25, 0.3) is 0 Å². The Balaban J connectivity index is 2.61. The number of nitrogens with two attached hydrogens (primary N) is 1. The number of rotatable bonds is 2. The van der Waals surface area contributed by atoms with E-state index in [0.717, 1.165) is 11.0 Å². The third-order valence-electron chi connectivity index (χ3n) is 2.30. The Kier molecular flexibility index (Phi) is 2.56. The second-order valence-electron chi connectivity index (χ2n) is 4.67. The second kappa shape index (κ2) is 3.64. The number of H-pyrrole nitrogens is 1. The Morgan fingerprint density at radius 3 is 2.81 bits per heavy atom. The summed E-state index contributed by atoms with van der Waals surface area (Å²) in [5, 5.41) is 0.605.